The van der Waals surface area contributed by atoms with Crippen molar-refractivity contribution in [2.75, 3.05) is 0 Å². The number of hydrogen-bond donors (Lipinski definition) is 4. The molecule has 112 valence electrons. The van der Waals surface area contributed by atoms with Gasteiger partial charge in [0.05, 0.1) is 0 Å². The Hall–Kier alpha value is 1.42. The predicted molar refractivity (Wildman–Crippen MR) is 69.4 cm³/mol. The zero-order valence-corrected chi connectivity index (χ0v) is 18.3. The first-order valence-electron chi connectivity index (χ1n) is 5.65. The van der Waals surface area contributed by atoms with Crippen LogP contribution in [0.25, 0.3) is 0 Å². The average molecular weight is 467 g/mol. The molecule has 0 saturated carbocycles. The van der Waals surface area contributed by atoms with Crippen LogP contribution in [0.1, 0.15) is 55.4 Å². The minimum Gasteiger partial charge on any atom is -0.394 e. The predicted octanol–water partition coefficient (Wildman–Crippen LogP) is 1.54. The molecule has 0 aliphatic rings. The smallest absolute Gasteiger partial charge is 0.0483 e. The van der Waals surface area contributed by atoms with E-state index >= 15 is 0 Å². The van der Waals surface area contributed by atoms with Crippen LogP contribution in [-0.4, -0.2) is 44.8 Å². The van der Waals surface area contributed by atoms with Crippen LogP contribution in [0.5, 0.6) is 0 Å². The third-order valence-electron chi connectivity index (χ3n) is 0. The van der Waals surface area contributed by atoms with Gasteiger partial charge in [0.15, 0.2) is 0 Å². The summed E-state index contributed by atoms with van der Waals surface area (Å²) in [5.41, 5.74) is 0. The molecule has 0 rings (SSSR count). The molecule has 0 heterocycles. The summed E-state index contributed by atoms with van der Waals surface area (Å²) < 4.78 is 0. The quantitative estimate of drug-likeness (QED) is 0.408. The van der Waals surface area contributed by atoms with Crippen molar-refractivity contribution in [3.8, 4) is 0 Å². The van der Waals surface area contributed by atoms with Crippen molar-refractivity contribution < 1.29 is 68.0 Å². The molecule has 0 saturated heterocycles. The van der Waals surface area contributed by atoms with Crippen LogP contribution in [-0.2, 0) is 47.6 Å². The second-order valence-electron chi connectivity index (χ2n) is 4.37. The molecule has 4 nitrogen and oxygen atoms in total. The first-order chi connectivity index (χ1) is 6.93. The maximum atomic E-state index is 8.06. The fraction of sp³-hybridized carbons (Fsp3) is 1.00. The Morgan fingerprint density at radius 2 is 0.444 bits per heavy atom. The zero-order chi connectivity index (χ0) is 14.3. The van der Waals surface area contributed by atoms with Crippen molar-refractivity contribution in [1.82, 2.24) is 0 Å². The van der Waals surface area contributed by atoms with Gasteiger partial charge in [-0.25, -0.2) is 0 Å². The van der Waals surface area contributed by atoms with Gasteiger partial charge in [-0.3, -0.25) is 0 Å². The molecule has 0 fully saturated rings. The second kappa shape index (κ2) is 31.0. The summed E-state index contributed by atoms with van der Waals surface area (Å²) in [5.74, 6) is 0. The van der Waals surface area contributed by atoms with Gasteiger partial charge >= 0.3 is 0 Å². The van der Waals surface area contributed by atoms with E-state index in [-0.39, 0.29) is 72.0 Å². The van der Waals surface area contributed by atoms with Gasteiger partial charge in [0.2, 0.25) is 0 Å². The van der Waals surface area contributed by atoms with Gasteiger partial charge in [0.25, 0.3) is 0 Å². The van der Waals surface area contributed by atoms with Gasteiger partial charge in [-0.05, 0) is 55.4 Å². The first-order valence-corrected chi connectivity index (χ1v) is 5.65. The summed E-state index contributed by atoms with van der Waals surface area (Å²) >= 11 is 0. The Morgan fingerprint density at radius 3 is 0.444 bits per heavy atom. The van der Waals surface area contributed by atoms with Gasteiger partial charge in [-0.2, -0.15) is 0 Å². The van der Waals surface area contributed by atoms with Crippen LogP contribution in [0.3, 0.4) is 0 Å². The van der Waals surface area contributed by atoms with Crippen molar-refractivity contribution in [2.45, 2.75) is 79.8 Å². The normalized spacial score (nSPS) is 8.00. The minimum atomic E-state index is -0.167. The maximum Gasteiger partial charge on any atom is 0.0483 e. The van der Waals surface area contributed by atoms with Crippen molar-refractivity contribution >= 4 is 0 Å². The largest absolute Gasteiger partial charge is 0.394 e. The maximum absolute atomic E-state index is 8.06. The molecule has 0 amide bonds. The number of hydrogen-bond acceptors (Lipinski definition) is 4. The Kier molecular flexibility index (Phi) is 63.1. The molecule has 0 aromatic carbocycles. The summed E-state index contributed by atoms with van der Waals surface area (Å²) in [6, 6.07) is 0. The van der Waals surface area contributed by atoms with Crippen LogP contribution in [0.2, 0.25) is 0 Å². The van der Waals surface area contributed by atoms with Gasteiger partial charge in [-0.15, -0.1) is 0 Å². The van der Waals surface area contributed by atoms with Crippen molar-refractivity contribution in [3.05, 3.63) is 0 Å². The van der Waals surface area contributed by atoms with Crippen molar-refractivity contribution in [2.24, 2.45) is 0 Å². The van der Waals surface area contributed by atoms with E-state index in [0.29, 0.717) is 0 Å². The summed E-state index contributed by atoms with van der Waals surface area (Å²) in [7, 11) is 0. The molecular formula is C12H32HfO4Ti. The summed E-state index contributed by atoms with van der Waals surface area (Å²) in [4.78, 5) is 0. The Morgan fingerprint density at radius 1 is 0.444 bits per heavy atom. The summed E-state index contributed by atoms with van der Waals surface area (Å²) in [6.07, 6.45) is -0.667. The van der Waals surface area contributed by atoms with Gasteiger partial charge in [0.1, 0.15) is 0 Å². The van der Waals surface area contributed by atoms with Crippen molar-refractivity contribution in [1.29, 1.82) is 0 Å². The molecule has 0 aromatic rings. The minimum absolute atomic E-state index is 0. The fourth-order valence-electron chi connectivity index (χ4n) is 0. The molecule has 0 aliphatic heterocycles. The molecule has 0 atom stereocenters. The van der Waals surface area contributed by atoms with Gasteiger partial charge < -0.3 is 20.4 Å². The average Bonchev–Trinajstić information content (AvgIpc) is 1.76. The van der Waals surface area contributed by atoms with E-state index in [0.717, 1.165) is 0 Å². The molecule has 0 unspecified atom stereocenters. The molecule has 0 spiro atoms. The first kappa shape index (κ1) is 36.6. The SMILES string of the molecule is CC(C)O.CC(C)O.CC(C)O.CC(C)O.[Hf].[Ti]. The van der Waals surface area contributed by atoms with Crippen LogP contribution in [0.15, 0.2) is 0 Å². The van der Waals surface area contributed by atoms with E-state index in [2.05, 4.69) is 0 Å². The van der Waals surface area contributed by atoms with Crippen LogP contribution >= 0.6 is 0 Å². The third-order valence-corrected chi connectivity index (χ3v) is 0. The molecule has 0 bridgehead atoms. The third kappa shape index (κ3) is 2320. The second-order valence-corrected chi connectivity index (χ2v) is 4.37. The van der Waals surface area contributed by atoms with Gasteiger partial charge in [-0.1, -0.05) is 0 Å². The number of aliphatic hydroxyl groups is 4. The summed E-state index contributed by atoms with van der Waals surface area (Å²) in [5, 5.41) is 32.2. The molecule has 0 aromatic heterocycles. The van der Waals surface area contributed by atoms with E-state index in [1.54, 1.807) is 55.4 Å². The Balaban J connectivity index is -0.0000000257. The van der Waals surface area contributed by atoms with E-state index < -0.39 is 0 Å². The van der Waals surface area contributed by atoms with E-state index in [1.165, 1.54) is 0 Å². The van der Waals surface area contributed by atoms with Crippen LogP contribution in [0.4, 0.5) is 0 Å². The molecular weight excluding hydrogens is 434 g/mol. The van der Waals surface area contributed by atoms with Crippen molar-refractivity contribution in [3.63, 3.8) is 0 Å². The van der Waals surface area contributed by atoms with Gasteiger partial charge in [0, 0.05) is 72.0 Å². The van der Waals surface area contributed by atoms with E-state index in [1.807, 2.05) is 0 Å². The van der Waals surface area contributed by atoms with Crippen LogP contribution < -0.4 is 0 Å². The topological polar surface area (TPSA) is 80.9 Å². The summed E-state index contributed by atoms with van der Waals surface area (Å²) in [6.45, 7) is 13.8. The molecule has 0 aliphatic carbocycles. The monoisotopic (exact) mass is 468 g/mol. The van der Waals surface area contributed by atoms with E-state index in [4.69, 9.17) is 20.4 Å². The fourth-order valence-corrected chi connectivity index (χ4v) is 0. The van der Waals surface area contributed by atoms with Crippen LogP contribution in [0, 0.1) is 0 Å². The number of rotatable bonds is 0. The Bertz CT molecular complexity index is 67.1. The zero-order valence-electron chi connectivity index (χ0n) is 13.1. The molecule has 6 heteroatoms. The molecule has 18 heavy (non-hydrogen) atoms. The number of aliphatic hydroxyl groups excluding tert-OH is 4. The standard InChI is InChI=1S/4C3H8O.Hf.Ti/c4*1-3(2)4;;/h4*3-4H,1-2H3;;. The molecule has 4 N–H and O–H groups in total. The Labute approximate surface area is 147 Å². The molecule has 0 radical (unpaired) electrons. The van der Waals surface area contributed by atoms with E-state index in [9.17, 15) is 0 Å².